The molecule has 2 N–H and O–H groups in total. The predicted octanol–water partition coefficient (Wildman–Crippen LogP) is 4.12. The van der Waals surface area contributed by atoms with Gasteiger partial charge in [0.05, 0.1) is 30.0 Å². The average Bonchev–Trinajstić information content (AvgIpc) is 2.75. The minimum Gasteiger partial charge on any atom is -0.459 e. The van der Waals surface area contributed by atoms with Crippen LogP contribution < -0.4 is 0 Å². The first kappa shape index (κ1) is 34.6. The van der Waals surface area contributed by atoms with Gasteiger partial charge in [0, 0.05) is 17.8 Å². The van der Waals surface area contributed by atoms with Crippen molar-refractivity contribution in [3.8, 4) is 0 Å². The van der Waals surface area contributed by atoms with Crippen LogP contribution in [-0.4, -0.2) is 69.5 Å². The molecule has 1 aliphatic rings. The SMILES string of the molecule is C.CC[C@H]1OC(=O)[C@H](C)C(=O)[C@H](C)[C@@H](OC(C)C)[C@](C)(OC(C)C)C[C@@H](C)C(=O)[C@H](C)[C@@H](O)[C@]1(C)O. The number of ether oxygens (including phenoxy) is 3. The number of aliphatic hydroxyl groups excluding tert-OH is 1. The van der Waals surface area contributed by atoms with Gasteiger partial charge in [-0.25, -0.2) is 0 Å². The molecule has 0 aromatic carbocycles. The second-order valence-electron chi connectivity index (χ2n) is 11.3. The first-order valence-electron chi connectivity index (χ1n) is 12.9. The van der Waals surface area contributed by atoms with Gasteiger partial charge in [-0.15, -0.1) is 0 Å². The van der Waals surface area contributed by atoms with Crippen LogP contribution in [0.15, 0.2) is 0 Å². The van der Waals surface area contributed by atoms with Crippen LogP contribution in [0.25, 0.3) is 0 Å². The molecule has 8 nitrogen and oxygen atoms in total. The summed E-state index contributed by atoms with van der Waals surface area (Å²) in [6, 6.07) is 0. The van der Waals surface area contributed by atoms with Gasteiger partial charge in [0.25, 0.3) is 0 Å². The summed E-state index contributed by atoms with van der Waals surface area (Å²) in [6.45, 7) is 18.9. The van der Waals surface area contributed by atoms with Crippen molar-refractivity contribution in [3.63, 3.8) is 0 Å². The van der Waals surface area contributed by atoms with Gasteiger partial charge in [0.1, 0.15) is 23.4 Å². The number of esters is 1. The Bertz CT molecular complexity index is 746. The Balaban J connectivity index is 0.0000122. The fourth-order valence-corrected chi connectivity index (χ4v) is 5.38. The van der Waals surface area contributed by atoms with Gasteiger partial charge in [-0.1, -0.05) is 35.1 Å². The third kappa shape index (κ3) is 7.83. The number of hydrogen-bond donors (Lipinski definition) is 2. The Morgan fingerprint density at radius 1 is 0.972 bits per heavy atom. The predicted molar refractivity (Wildman–Crippen MR) is 139 cm³/mol. The Kier molecular flexibility index (Phi) is 12.9. The van der Waals surface area contributed by atoms with Crippen LogP contribution in [-0.2, 0) is 28.6 Å². The van der Waals surface area contributed by atoms with E-state index in [1.807, 2.05) is 34.6 Å². The molecule has 0 radical (unpaired) electrons. The first-order valence-corrected chi connectivity index (χ1v) is 12.9. The lowest BCUT2D eigenvalue weighted by Gasteiger charge is -2.45. The summed E-state index contributed by atoms with van der Waals surface area (Å²) in [7, 11) is 0. The zero-order chi connectivity index (χ0) is 27.5. The molecule has 1 rings (SSSR count). The molecular formula is C28H52O8. The highest BCUT2D eigenvalue weighted by atomic mass is 16.6. The van der Waals surface area contributed by atoms with Crippen molar-refractivity contribution in [1.29, 1.82) is 0 Å². The maximum absolute atomic E-state index is 13.5. The van der Waals surface area contributed by atoms with Gasteiger partial charge in [0.2, 0.25) is 0 Å². The molecule has 1 saturated heterocycles. The number of cyclic esters (lactones) is 1. The Morgan fingerprint density at radius 3 is 1.94 bits per heavy atom. The molecule has 212 valence electrons. The summed E-state index contributed by atoms with van der Waals surface area (Å²) >= 11 is 0. The fraction of sp³-hybridized carbons (Fsp3) is 0.893. The summed E-state index contributed by atoms with van der Waals surface area (Å²) < 4.78 is 18.1. The van der Waals surface area contributed by atoms with E-state index in [0.29, 0.717) is 0 Å². The van der Waals surface area contributed by atoms with Gasteiger partial charge < -0.3 is 24.4 Å². The van der Waals surface area contributed by atoms with Gasteiger partial charge in [0.15, 0.2) is 5.78 Å². The molecule has 0 amide bonds. The number of ketones is 2. The van der Waals surface area contributed by atoms with E-state index in [1.165, 1.54) is 13.8 Å². The number of carbonyl (C=O) groups excluding carboxylic acids is 3. The largest absolute Gasteiger partial charge is 0.459 e. The number of Topliss-reactive ketones (excluding diaryl/α,β-unsaturated/α-hetero) is 2. The molecule has 0 bridgehead atoms. The summed E-state index contributed by atoms with van der Waals surface area (Å²) in [5.41, 5.74) is -2.94. The zero-order valence-electron chi connectivity index (χ0n) is 23.5. The lowest BCUT2D eigenvalue weighted by molar-refractivity contribution is -0.201. The van der Waals surface area contributed by atoms with Crippen LogP contribution in [0, 0.1) is 23.7 Å². The Morgan fingerprint density at radius 2 is 1.50 bits per heavy atom. The number of hydrogen-bond acceptors (Lipinski definition) is 8. The van der Waals surface area contributed by atoms with Crippen LogP contribution in [0.2, 0.25) is 0 Å². The topological polar surface area (TPSA) is 119 Å². The minimum atomic E-state index is -1.89. The van der Waals surface area contributed by atoms with Crippen molar-refractivity contribution < 1.29 is 38.8 Å². The second kappa shape index (κ2) is 13.4. The van der Waals surface area contributed by atoms with Crippen molar-refractivity contribution in [2.75, 3.05) is 0 Å². The van der Waals surface area contributed by atoms with E-state index in [2.05, 4.69) is 0 Å². The molecule has 9 atom stereocenters. The Hall–Kier alpha value is -1.35. The zero-order valence-corrected chi connectivity index (χ0v) is 23.5. The van der Waals surface area contributed by atoms with Crippen molar-refractivity contribution in [2.24, 2.45) is 23.7 Å². The smallest absolute Gasteiger partial charge is 0.316 e. The van der Waals surface area contributed by atoms with E-state index in [4.69, 9.17) is 14.2 Å². The molecule has 1 fully saturated rings. The van der Waals surface area contributed by atoms with Crippen LogP contribution in [0.4, 0.5) is 0 Å². The summed E-state index contributed by atoms with van der Waals surface area (Å²) in [5.74, 6) is -4.78. The van der Waals surface area contributed by atoms with Crippen molar-refractivity contribution in [2.45, 2.75) is 138 Å². The molecule has 0 aliphatic carbocycles. The van der Waals surface area contributed by atoms with E-state index in [0.717, 1.165) is 0 Å². The molecule has 0 unspecified atom stereocenters. The molecule has 0 aromatic heterocycles. The van der Waals surface area contributed by atoms with E-state index in [-0.39, 0.29) is 44.0 Å². The van der Waals surface area contributed by atoms with Crippen LogP contribution in [0.5, 0.6) is 0 Å². The number of aliphatic hydroxyl groups is 2. The summed E-state index contributed by atoms with van der Waals surface area (Å²) in [4.78, 5) is 39.9. The molecule has 1 aliphatic heterocycles. The van der Waals surface area contributed by atoms with Crippen molar-refractivity contribution in [3.05, 3.63) is 0 Å². The van der Waals surface area contributed by atoms with Crippen LogP contribution >= 0.6 is 0 Å². The third-order valence-corrected chi connectivity index (χ3v) is 7.21. The van der Waals surface area contributed by atoms with Gasteiger partial charge in [-0.05, 0) is 61.3 Å². The van der Waals surface area contributed by atoms with E-state index in [1.54, 1.807) is 27.7 Å². The maximum atomic E-state index is 13.5. The van der Waals surface area contributed by atoms with E-state index in [9.17, 15) is 24.6 Å². The first-order chi connectivity index (χ1) is 15.9. The highest BCUT2D eigenvalue weighted by Crippen LogP contribution is 2.37. The van der Waals surface area contributed by atoms with E-state index >= 15 is 0 Å². The molecule has 8 heteroatoms. The standard InChI is InChI=1S/C27H48O8.CH4/c1-12-20-27(11,32)23(30)17(7)21(28)16(6)13-26(10,35-15(4)5)24(33-14(2)3)18(8)22(29)19(9)25(31)34-20;/h14-20,23-24,30,32H,12-13H2,1-11H3;1H4/t16-,17+,18+,19-,20-,23-,24-,26-,27-;/m1./s1. The van der Waals surface area contributed by atoms with Crippen LogP contribution in [0.1, 0.15) is 96.4 Å². The Labute approximate surface area is 218 Å². The van der Waals surface area contributed by atoms with Crippen molar-refractivity contribution >= 4 is 17.5 Å². The number of carbonyl (C=O) groups is 3. The molecule has 0 saturated carbocycles. The van der Waals surface area contributed by atoms with Gasteiger partial charge in [-0.3, -0.25) is 14.4 Å². The summed E-state index contributed by atoms with van der Waals surface area (Å²) in [6.07, 6.45) is -3.35. The molecule has 36 heavy (non-hydrogen) atoms. The van der Waals surface area contributed by atoms with Crippen LogP contribution in [0.3, 0.4) is 0 Å². The quantitative estimate of drug-likeness (QED) is 0.414. The van der Waals surface area contributed by atoms with Gasteiger partial charge in [-0.2, -0.15) is 0 Å². The highest BCUT2D eigenvalue weighted by molar-refractivity contribution is 6.00. The minimum absolute atomic E-state index is 0. The van der Waals surface area contributed by atoms with Crippen molar-refractivity contribution in [1.82, 2.24) is 0 Å². The monoisotopic (exact) mass is 516 g/mol. The second-order valence-corrected chi connectivity index (χ2v) is 11.3. The molecule has 0 aromatic rings. The average molecular weight is 517 g/mol. The molecule has 0 spiro atoms. The maximum Gasteiger partial charge on any atom is 0.316 e. The summed E-state index contributed by atoms with van der Waals surface area (Å²) in [5, 5.41) is 22.2. The molecule has 1 heterocycles. The fourth-order valence-electron chi connectivity index (χ4n) is 5.38. The highest BCUT2D eigenvalue weighted by Gasteiger charge is 2.50. The third-order valence-electron chi connectivity index (χ3n) is 7.21. The van der Waals surface area contributed by atoms with Gasteiger partial charge >= 0.3 is 5.97 Å². The lowest BCUT2D eigenvalue weighted by atomic mass is 9.74. The number of rotatable bonds is 5. The lowest BCUT2D eigenvalue weighted by Crippen LogP contribution is -2.57. The van der Waals surface area contributed by atoms with E-state index < -0.39 is 59.2 Å². The molecular weight excluding hydrogens is 464 g/mol. The normalized spacial score (nSPS) is 39.5.